The number of benzene rings is 1. The zero-order chi connectivity index (χ0) is 13.1. The molecule has 0 aliphatic heterocycles. The molecule has 2 unspecified atom stereocenters. The van der Waals surface area contributed by atoms with Gasteiger partial charge in [-0.15, -0.1) is 24.8 Å². The summed E-state index contributed by atoms with van der Waals surface area (Å²) in [7, 11) is 0. The van der Waals surface area contributed by atoms with Crippen LogP contribution in [0.5, 0.6) is 5.75 Å². The molecule has 2 atom stereocenters. The fourth-order valence-corrected chi connectivity index (χ4v) is 1.97. The van der Waals surface area contributed by atoms with Gasteiger partial charge in [0.15, 0.2) is 0 Å². The number of halogens is 2. The minimum atomic E-state index is -0.389. The van der Waals surface area contributed by atoms with Crippen molar-refractivity contribution in [3.8, 4) is 5.75 Å². The lowest BCUT2D eigenvalue weighted by atomic mass is 10.1. The number of aliphatic hydroxyl groups is 1. The molecule has 0 spiro atoms. The summed E-state index contributed by atoms with van der Waals surface area (Å²) in [6.07, 6.45) is 1.83. The third-order valence-corrected chi connectivity index (χ3v) is 2.74. The Morgan fingerprint density at radius 2 is 2.00 bits per heavy atom. The van der Waals surface area contributed by atoms with Gasteiger partial charge in [0.1, 0.15) is 5.75 Å². The van der Waals surface area contributed by atoms with E-state index in [-0.39, 0.29) is 37.0 Å². The molecule has 112 valence electrons. The molecular formula is C14H20Cl2N2O2. The highest BCUT2D eigenvalue weighted by molar-refractivity contribution is 5.86. The van der Waals surface area contributed by atoms with E-state index in [4.69, 9.17) is 10.5 Å². The smallest absolute Gasteiger partial charge is 0.144 e. The van der Waals surface area contributed by atoms with E-state index >= 15 is 0 Å². The van der Waals surface area contributed by atoms with Crippen molar-refractivity contribution in [3.05, 3.63) is 30.5 Å². The Bertz CT molecular complexity index is 550. The molecule has 0 bridgehead atoms. The average molecular weight is 319 g/mol. The number of hydrogen-bond acceptors (Lipinski definition) is 4. The van der Waals surface area contributed by atoms with Crippen molar-refractivity contribution in [3.63, 3.8) is 0 Å². The molecule has 2 rings (SSSR count). The summed E-state index contributed by atoms with van der Waals surface area (Å²) in [6, 6.07) is 7.52. The summed E-state index contributed by atoms with van der Waals surface area (Å²) in [5, 5.41) is 10.3. The molecule has 0 aliphatic rings. The SMILES string of the molecule is CC(O)CC(C)Oc1cc2ncccc2cc1N.Cl.Cl. The van der Waals surface area contributed by atoms with E-state index in [1.54, 1.807) is 13.1 Å². The number of nitrogens with two attached hydrogens (primary N) is 1. The van der Waals surface area contributed by atoms with Gasteiger partial charge in [0.25, 0.3) is 0 Å². The lowest BCUT2D eigenvalue weighted by molar-refractivity contribution is 0.116. The van der Waals surface area contributed by atoms with Gasteiger partial charge in [-0.3, -0.25) is 4.98 Å². The van der Waals surface area contributed by atoms with E-state index in [1.807, 2.05) is 31.2 Å². The normalized spacial score (nSPS) is 12.9. The number of nitrogens with zero attached hydrogens (tertiary/aromatic N) is 1. The first-order valence-corrected chi connectivity index (χ1v) is 6.05. The van der Waals surface area contributed by atoms with Crippen molar-refractivity contribution < 1.29 is 9.84 Å². The third-order valence-electron chi connectivity index (χ3n) is 2.74. The molecule has 1 aromatic carbocycles. The average Bonchev–Trinajstić information content (AvgIpc) is 2.29. The predicted octanol–water partition coefficient (Wildman–Crippen LogP) is 3.20. The van der Waals surface area contributed by atoms with Crippen molar-refractivity contribution >= 4 is 41.4 Å². The maximum atomic E-state index is 9.32. The number of aliphatic hydroxyl groups excluding tert-OH is 1. The van der Waals surface area contributed by atoms with Gasteiger partial charge in [-0.25, -0.2) is 0 Å². The Labute approximate surface area is 131 Å². The highest BCUT2D eigenvalue weighted by Crippen LogP contribution is 2.28. The summed E-state index contributed by atoms with van der Waals surface area (Å²) < 4.78 is 5.74. The first-order valence-electron chi connectivity index (χ1n) is 6.05. The van der Waals surface area contributed by atoms with E-state index in [9.17, 15) is 5.11 Å². The van der Waals surface area contributed by atoms with Crippen LogP contribution in [-0.2, 0) is 0 Å². The van der Waals surface area contributed by atoms with Crippen LogP contribution >= 0.6 is 24.8 Å². The maximum Gasteiger partial charge on any atom is 0.144 e. The van der Waals surface area contributed by atoms with Crippen molar-refractivity contribution in [1.82, 2.24) is 4.98 Å². The Balaban J connectivity index is 0.00000180. The van der Waals surface area contributed by atoms with Gasteiger partial charge in [-0.2, -0.15) is 0 Å². The molecule has 4 nitrogen and oxygen atoms in total. The second kappa shape index (κ2) is 8.15. The van der Waals surface area contributed by atoms with Crippen LogP contribution in [0, 0.1) is 0 Å². The fraction of sp³-hybridized carbons (Fsp3) is 0.357. The van der Waals surface area contributed by atoms with Gasteiger partial charge in [-0.1, -0.05) is 6.07 Å². The predicted molar refractivity (Wildman–Crippen MR) is 87.0 cm³/mol. The van der Waals surface area contributed by atoms with E-state index in [0.29, 0.717) is 17.9 Å². The van der Waals surface area contributed by atoms with Gasteiger partial charge in [-0.05, 0) is 26.0 Å². The second-order valence-electron chi connectivity index (χ2n) is 4.60. The van der Waals surface area contributed by atoms with Crippen LogP contribution in [0.3, 0.4) is 0 Å². The number of nitrogen functional groups attached to an aromatic ring is 1. The lowest BCUT2D eigenvalue weighted by Crippen LogP contribution is -2.18. The number of aromatic nitrogens is 1. The quantitative estimate of drug-likeness (QED) is 0.849. The Hall–Kier alpha value is -1.23. The number of fused-ring (bicyclic) bond motifs is 1. The van der Waals surface area contributed by atoms with E-state index in [2.05, 4.69) is 4.98 Å². The summed E-state index contributed by atoms with van der Waals surface area (Å²) >= 11 is 0. The molecule has 3 N–H and O–H groups in total. The second-order valence-corrected chi connectivity index (χ2v) is 4.60. The van der Waals surface area contributed by atoms with E-state index in [0.717, 1.165) is 10.9 Å². The van der Waals surface area contributed by atoms with Crippen molar-refractivity contribution in [2.24, 2.45) is 0 Å². The molecule has 2 aromatic rings. The highest BCUT2D eigenvalue weighted by Gasteiger charge is 2.11. The van der Waals surface area contributed by atoms with Gasteiger partial charge < -0.3 is 15.6 Å². The summed E-state index contributed by atoms with van der Waals surface area (Å²) in [5.74, 6) is 0.620. The Morgan fingerprint density at radius 3 is 2.65 bits per heavy atom. The van der Waals surface area contributed by atoms with Crippen molar-refractivity contribution in [2.45, 2.75) is 32.5 Å². The molecule has 0 radical (unpaired) electrons. The minimum absolute atomic E-state index is 0. The molecule has 0 saturated carbocycles. The van der Waals surface area contributed by atoms with Gasteiger partial charge >= 0.3 is 0 Å². The molecule has 0 fully saturated rings. The Kier molecular flexibility index (Phi) is 7.64. The van der Waals surface area contributed by atoms with Gasteiger partial charge in [0.05, 0.1) is 23.4 Å². The first-order chi connectivity index (χ1) is 8.56. The van der Waals surface area contributed by atoms with Crippen LogP contribution in [0.2, 0.25) is 0 Å². The van der Waals surface area contributed by atoms with E-state index < -0.39 is 0 Å². The van der Waals surface area contributed by atoms with Crippen LogP contribution in [0.25, 0.3) is 10.9 Å². The maximum absolute atomic E-state index is 9.32. The van der Waals surface area contributed by atoms with Crippen LogP contribution in [0.15, 0.2) is 30.5 Å². The molecule has 1 aromatic heterocycles. The number of hydrogen-bond donors (Lipinski definition) is 2. The Morgan fingerprint density at radius 1 is 1.30 bits per heavy atom. The summed E-state index contributed by atoms with van der Waals surface area (Å²) in [6.45, 7) is 3.65. The number of rotatable bonds is 4. The number of ether oxygens (including phenoxy) is 1. The molecular weight excluding hydrogens is 299 g/mol. The van der Waals surface area contributed by atoms with E-state index in [1.165, 1.54) is 0 Å². The third kappa shape index (κ3) is 4.71. The molecule has 0 aliphatic carbocycles. The lowest BCUT2D eigenvalue weighted by Gasteiger charge is -2.17. The first kappa shape index (κ1) is 18.8. The largest absolute Gasteiger partial charge is 0.488 e. The topological polar surface area (TPSA) is 68.4 Å². The zero-order valence-electron chi connectivity index (χ0n) is 11.4. The van der Waals surface area contributed by atoms with Gasteiger partial charge in [0, 0.05) is 24.1 Å². The molecule has 0 saturated heterocycles. The highest BCUT2D eigenvalue weighted by atomic mass is 35.5. The van der Waals surface area contributed by atoms with Crippen molar-refractivity contribution in [2.75, 3.05) is 5.73 Å². The molecule has 20 heavy (non-hydrogen) atoms. The monoisotopic (exact) mass is 318 g/mol. The van der Waals surface area contributed by atoms with Crippen molar-refractivity contribution in [1.29, 1.82) is 0 Å². The van der Waals surface area contributed by atoms with Gasteiger partial charge in [0.2, 0.25) is 0 Å². The number of anilines is 1. The minimum Gasteiger partial charge on any atom is -0.488 e. The number of pyridine rings is 1. The van der Waals surface area contributed by atoms with Crippen LogP contribution in [0.1, 0.15) is 20.3 Å². The zero-order valence-corrected chi connectivity index (χ0v) is 13.1. The fourth-order valence-electron chi connectivity index (χ4n) is 1.97. The molecule has 6 heteroatoms. The molecule has 0 amide bonds. The summed E-state index contributed by atoms with van der Waals surface area (Å²) in [4.78, 5) is 4.27. The van der Waals surface area contributed by atoms with Crippen LogP contribution in [-0.4, -0.2) is 22.3 Å². The van der Waals surface area contributed by atoms with Crippen LogP contribution in [0.4, 0.5) is 5.69 Å². The van der Waals surface area contributed by atoms with Crippen LogP contribution < -0.4 is 10.5 Å². The molecule has 1 heterocycles. The summed E-state index contributed by atoms with van der Waals surface area (Å²) in [5.41, 5.74) is 7.39. The standard InChI is InChI=1S/C14H18N2O2.2ClH/c1-9(17)6-10(2)18-14-8-13-11(7-12(14)15)4-3-5-16-13;;/h3-5,7-10,17H,6,15H2,1-2H3;2*1H.